The average Bonchev–Trinajstić information content (AvgIpc) is 3.29. The zero-order valence-electron chi connectivity index (χ0n) is 19.0. The number of halogens is 2. The molecule has 0 atom stereocenters. The van der Waals surface area contributed by atoms with Gasteiger partial charge in [-0.1, -0.05) is 38.4 Å². The Morgan fingerprint density at radius 3 is 2.71 bits per heavy atom. The van der Waals surface area contributed by atoms with E-state index in [-0.39, 0.29) is 21.8 Å². The molecule has 174 valence electrons. The molecule has 0 aliphatic heterocycles. The van der Waals surface area contributed by atoms with Crippen molar-refractivity contribution in [2.24, 2.45) is 0 Å². The first-order chi connectivity index (χ1) is 16.2. The molecule has 1 aliphatic carbocycles. The van der Waals surface area contributed by atoms with Crippen molar-refractivity contribution in [2.45, 2.75) is 45.1 Å². The molecule has 0 spiro atoms. The number of benzene rings is 1. The monoisotopic (exact) mass is 479 g/mol. The van der Waals surface area contributed by atoms with Crippen LogP contribution in [0.3, 0.4) is 0 Å². The quantitative estimate of drug-likeness (QED) is 0.424. The number of aromatic nitrogens is 6. The number of anilines is 1. The summed E-state index contributed by atoms with van der Waals surface area (Å²) in [6.07, 6.45) is 7.26. The van der Waals surface area contributed by atoms with Crippen LogP contribution < -0.4 is 5.32 Å². The predicted octanol–water partition coefficient (Wildman–Crippen LogP) is 5.20. The van der Waals surface area contributed by atoms with Crippen LogP contribution in [0.4, 0.5) is 10.2 Å². The van der Waals surface area contributed by atoms with Crippen molar-refractivity contribution in [2.75, 3.05) is 5.32 Å². The summed E-state index contributed by atoms with van der Waals surface area (Å²) < 4.78 is 18.4. The number of imidazole rings is 1. The lowest BCUT2D eigenvalue weighted by Crippen LogP contribution is -2.16. The molecule has 1 fully saturated rings. The number of carbonyl (C=O) groups is 1. The molecule has 3 aromatic heterocycles. The fraction of sp³-hybridized carbons (Fsp3) is 0.292. The number of hydrogen-bond donors (Lipinski definition) is 1. The minimum atomic E-state index is -0.730. The molecule has 3 heterocycles. The van der Waals surface area contributed by atoms with Crippen molar-refractivity contribution in [3.05, 3.63) is 71.3 Å². The van der Waals surface area contributed by atoms with Crippen molar-refractivity contribution < 1.29 is 9.18 Å². The second-order valence-electron chi connectivity index (χ2n) is 9.35. The van der Waals surface area contributed by atoms with Gasteiger partial charge in [0, 0.05) is 17.7 Å². The molecule has 4 aromatic rings. The van der Waals surface area contributed by atoms with Crippen LogP contribution >= 0.6 is 11.6 Å². The molecule has 1 N–H and O–H groups in total. The maximum absolute atomic E-state index is 14.7. The third kappa shape index (κ3) is 4.31. The van der Waals surface area contributed by atoms with E-state index in [9.17, 15) is 9.18 Å². The van der Waals surface area contributed by atoms with Crippen LogP contribution in [0, 0.1) is 5.82 Å². The van der Waals surface area contributed by atoms with Gasteiger partial charge in [0.2, 0.25) is 0 Å². The van der Waals surface area contributed by atoms with Gasteiger partial charge in [-0.25, -0.2) is 14.4 Å². The fourth-order valence-electron chi connectivity index (χ4n) is 3.61. The third-order valence-electron chi connectivity index (χ3n) is 5.64. The summed E-state index contributed by atoms with van der Waals surface area (Å²) in [6.45, 7) is 6.12. The molecule has 34 heavy (non-hydrogen) atoms. The van der Waals surface area contributed by atoms with Gasteiger partial charge >= 0.3 is 0 Å². The van der Waals surface area contributed by atoms with Gasteiger partial charge in [-0.15, -0.1) is 10.2 Å². The normalized spacial score (nSPS) is 13.8. The van der Waals surface area contributed by atoms with E-state index in [4.69, 9.17) is 11.6 Å². The maximum Gasteiger partial charge on any atom is 0.259 e. The highest BCUT2D eigenvalue weighted by molar-refractivity contribution is 6.32. The molecular weight excluding hydrogens is 457 g/mol. The molecule has 0 bridgehead atoms. The van der Waals surface area contributed by atoms with Gasteiger partial charge in [0.15, 0.2) is 5.82 Å². The van der Waals surface area contributed by atoms with E-state index in [0.29, 0.717) is 23.2 Å². The molecule has 0 saturated heterocycles. The fourth-order valence-corrected chi connectivity index (χ4v) is 3.86. The van der Waals surface area contributed by atoms with Crippen LogP contribution in [0.5, 0.6) is 0 Å². The molecule has 5 rings (SSSR count). The second kappa shape index (κ2) is 8.32. The van der Waals surface area contributed by atoms with Crippen LogP contribution in [0.1, 0.15) is 55.7 Å². The molecule has 8 nitrogen and oxygen atoms in total. The summed E-state index contributed by atoms with van der Waals surface area (Å²) in [5, 5.41) is 11.0. The van der Waals surface area contributed by atoms with Crippen LogP contribution in [0.2, 0.25) is 5.02 Å². The number of hydrogen-bond acceptors (Lipinski definition) is 5. The highest BCUT2D eigenvalue weighted by Crippen LogP contribution is 2.37. The maximum atomic E-state index is 14.7. The van der Waals surface area contributed by atoms with E-state index in [1.54, 1.807) is 35.4 Å². The van der Waals surface area contributed by atoms with Gasteiger partial charge in [-0.3, -0.25) is 4.79 Å². The number of pyridine rings is 1. The van der Waals surface area contributed by atoms with Crippen molar-refractivity contribution in [3.8, 4) is 17.2 Å². The summed E-state index contributed by atoms with van der Waals surface area (Å²) in [4.78, 5) is 21.9. The second-order valence-corrected chi connectivity index (χ2v) is 9.76. The summed E-state index contributed by atoms with van der Waals surface area (Å²) in [5.74, 6) is -0.457. The Morgan fingerprint density at radius 2 is 2.00 bits per heavy atom. The summed E-state index contributed by atoms with van der Waals surface area (Å²) in [7, 11) is 0. The Kier molecular flexibility index (Phi) is 5.44. The van der Waals surface area contributed by atoms with Crippen LogP contribution in [-0.4, -0.2) is 35.2 Å². The standard InChI is InChI=1S/C24H23ClFN7O/c1-24(2,3)20-11-32(12-27-20)19-9-15(17(26)10-16(19)25)23(34)30-21-6-4-5-18(29-21)22-31-28-13-33(22)14-7-8-14/h4-6,9-14H,7-8H2,1-3H3,(H,29,30,34). The Balaban J connectivity index is 1.43. The summed E-state index contributed by atoms with van der Waals surface area (Å²) in [5.41, 5.74) is 1.55. The predicted molar refractivity (Wildman–Crippen MR) is 127 cm³/mol. The first-order valence-corrected chi connectivity index (χ1v) is 11.3. The Bertz CT molecular complexity index is 1380. The van der Waals surface area contributed by atoms with Crippen molar-refractivity contribution in [1.29, 1.82) is 0 Å². The van der Waals surface area contributed by atoms with E-state index in [0.717, 1.165) is 24.6 Å². The summed E-state index contributed by atoms with van der Waals surface area (Å²) in [6, 6.07) is 8.12. The Hall–Kier alpha value is -3.59. The number of carbonyl (C=O) groups excluding carboxylic acids is 1. The van der Waals surface area contributed by atoms with E-state index in [1.807, 2.05) is 31.5 Å². The topological polar surface area (TPSA) is 90.5 Å². The molecule has 1 aromatic carbocycles. The minimum absolute atomic E-state index is 0.154. The van der Waals surface area contributed by atoms with Crippen molar-refractivity contribution >= 4 is 23.3 Å². The van der Waals surface area contributed by atoms with Crippen LogP contribution in [-0.2, 0) is 5.41 Å². The molecule has 1 amide bonds. The third-order valence-corrected chi connectivity index (χ3v) is 5.95. The van der Waals surface area contributed by atoms with E-state index in [2.05, 4.69) is 25.5 Å². The van der Waals surface area contributed by atoms with Gasteiger partial charge in [0.1, 0.15) is 23.7 Å². The number of nitrogens with zero attached hydrogens (tertiary/aromatic N) is 6. The highest BCUT2D eigenvalue weighted by Gasteiger charge is 2.27. The zero-order chi connectivity index (χ0) is 24.0. The van der Waals surface area contributed by atoms with Gasteiger partial charge < -0.3 is 14.5 Å². The van der Waals surface area contributed by atoms with E-state index < -0.39 is 11.7 Å². The minimum Gasteiger partial charge on any atom is -0.309 e. The van der Waals surface area contributed by atoms with Gasteiger partial charge in [-0.2, -0.15) is 0 Å². The Labute approximate surface area is 200 Å². The zero-order valence-corrected chi connectivity index (χ0v) is 19.7. The average molecular weight is 480 g/mol. The van der Waals surface area contributed by atoms with E-state index >= 15 is 0 Å². The van der Waals surface area contributed by atoms with Crippen molar-refractivity contribution in [1.82, 2.24) is 29.3 Å². The lowest BCUT2D eigenvalue weighted by molar-refractivity contribution is 0.102. The van der Waals surface area contributed by atoms with Gasteiger partial charge in [-0.05, 0) is 37.1 Å². The molecule has 10 heteroatoms. The first kappa shape index (κ1) is 22.2. The lowest BCUT2D eigenvalue weighted by atomic mass is 9.93. The smallest absolute Gasteiger partial charge is 0.259 e. The van der Waals surface area contributed by atoms with Gasteiger partial charge in [0.05, 0.1) is 28.3 Å². The SMILES string of the molecule is CC(C)(C)c1cn(-c2cc(C(=O)Nc3cccc(-c4nncn4C4CC4)n3)c(F)cc2Cl)cn1. The van der Waals surface area contributed by atoms with Crippen LogP contribution in [0.25, 0.3) is 17.2 Å². The number of nitrogens with one attached hydrogen (secondary N) is 1. The largest absolute Gasteiger partial charge is 0.309 e. The molecule has 0 unspecified atom stereocenters. The number of rotatable bonds is 5. The summed E-state index contributed by atoms with van der Waals surface area (Å²) >= 11 is 6.30. The first-order valence-electron chi connectivity index (χ1n) is 10.9. The molecule has 0 radical (unpaired) electrons. The Morgan fingerprint density at radius 1 is 1.21 bits per heavy atom. The molecule has 1 aliphatic rings. The van der Waals surface area contributed by atoms with Gasteiger partial charge in [0.25, 0.3) is 5.91 Å². The lowest BCUT2D eigenvalue weighted by Gasteiger charge is -2.14. The molecular formula is C24H23ClFN7O. The number of amides is 1. The molecule has 1 saturated carbocycles. The highest BCUT2D eigenvalue weighted by atomic mass is 35.5. The van der Waals surface area contributed by atoms with Crippen LogP contribution in [0.15, 0.2) is 49.2 Å². The van der Waals surface area contributed by atoms with Crippen molar-refractivity contribution in [3.63, 3.8) is 0 Å². The van der Waals surface area contributed by atoms with E-state index in [1.165, 1.54) is 6.07 Å².